The fourth-order valence-corrected chi connectivity index (χ4v) is 1.62. The number of nitrogens with zero attached hydrogens (tertiary/aromatic N) is 1. The zero-order chi connectivity index (χ0) is 13.0. The highest BCUT2D eigenvalue weighted by Gasteiger charge is 1.97. The van der Waals surface area contributed by atoms with Crippen molar-refractivity contribution in [3.05, 3.63) is 58.6 Å². The van der Waals surface area contributed by atoms with Crippen molar-refractivity contribution in [2.24, 2.45) is 5.10 Å². The van der Waals surface area contributed by atoms with E-state index in [0.717, 1.165) is 11.3 Å². The number of aryl methyl sites for hydroxylation is 1. The first-order chi connectivity index (χ1) is 8.66. The van der Waals surface area contributed by atoms with Gasteiger partial charge in [0.15, 0.2) is 0 Å². The van der Waals surface area contributed by atoms with E-state index in [0.29, 0.717) is 10.6 Å². The van der Waals surface area contributed by atoms with Gasteiger partial charge >= 0.3 is 0 Å². The van der Waals surface area contributed by atoms with Gasteiger partial charge in [-0.1, -0.05) is 29.8 Å². The molecule has 0 aliphatic carbocycles. The summed E-state index contributed by atoms with van der Waals surface area (Å²) in [5, 5.41) is 14.3. The minimum absolute atomic E-state index is 0.199. The van der Waals surface area contributed by atoms with Crippen LogP contribution < -0.4 is 5.43 Å². The van der Waals surface area contributed by atoms with E-state index < -0.39 is 0 Å². The number of hydrogen-bond donors (Lipinski definition) is 2. The average Bonchev–Trinajstić information content (AvgIpc) is 2.36. The van der Waals surface area contributed by atoms with Crippen molar-refractivity contribution in [1.29, 1.82) is 0 Å². The molecule has 92 valence electrons. The molecule has 0 heterocycles. The summed E-state index contributed by atoms with van der Waals surface area (Å²) in [5.41, 5.74) is 5.34. The molecule has 3 nitrogen and oxygen atoms in total. The summed E-state index contributed by atoms with van der Waals surface area (Å²) in [6.45, 7) is 1.94. The smallest absolute Gasteiger partial charge is 0.124 e. The van der Waals surface area contributed by atoms with Crippen molar-refractivity contribution in [2.45, 2.75) is 6.92 Å². The van der Waals surface area contributed by atoms with Gasteiger partial charge in [-0.05, 0) is 36.8 Å². The van der Waals surface area contributed by atoms with Crippen LogP contribution in [-0.4, -0.2) is 11.3 Å². The molecule has 0 radical (unpaired) electrons. The van der Waals surface area contributed by atoms with Crippen LogP contribution in [0.2, 0.25) is 5.02 Å². The minimum atomic E-state index is 0.199. The Kier molecular flexibility index (Phi) is 3.85. The lowest BCUT2D eigenvalue weighted by Gasteiger charge is -2.03. The highest BCUT2D eigenvalue weighted by atomic mass is 35.5. The number of rotatable bonds is 3. The predicted octanol–water partition coefficient (Wildman–Crippen LogP) is 3.80. The van der Waals surface area contributed by atoms with Crippen LogP contribution in [0.1, 0.15) is 11.1 Å². The molecular formula is C14H13ClN2O. The highest BCUT2D eigenvalue weighted by molar-refractivity contribution is 6.31. The molecule has 2 N–H and O–H groups in total. The average molecular weight is 261 g/mol. The largest absolute Gasteiger partial charge is 0.507 e. The SMILES string of the molecule is Cc1ccc(NN=Cc2ccccc2O)cc1Cl. The third-order valence-electron chi connectivity index (χ3n) is 2.51. The normalized spacial score (nSPS) is 10.8. The van der Waals surface area contributed by atoms with Crippen LogP contribution in [0.5, 0.6) is 5.75 Å². The number of hydrogen-bond acceptors (Lipinski definition) is 3. The molecule has 2 aromatic rings. The molecule has 0 atom stereocenters. The molecule has 18 heavy (non-hydrogen) atoms. The van der Waals surface area contributed by atoms with Crippen molar-refractivity contribution in [2.75, 3.05) is 5.43 Å². The molecule has 0 unspecified atom stereocenters. The monoisotopic (exact) mass is 260 g/mol. The van der Waals surface area contributed by atoms with Crippen LogP contribution in [0.15, 0.2) is 47.6 Å². The number of benzene rings is 2. The molecule has 0 amide bonds. The third kappa shape index (κ3) is 3.02. The van der Waals surface area contributed by atoms with E-state index in [4.69, 9.17) is 11.6 Å². The maximum absolute atomic E-state index is 9.55. The van der Waals surface area contributed by atoms with Crippen LogP contribution in [0, 0.1) is 6.92 Å². The zero-order valence-corrected chi connectivity index (χ0v) is 10.6. The highest BCUT2D eigenvalue weighted by Crippen LogP contribution is 2.20. The first kappa shape index (κ1) is 12.5. The summed E-state index contributed by atoms with van der Waals surface area (Å²) in [6.07, 6.45) is 1.56. The number of phenols is 1. The van der Waals surface area contributed by atoms with E-state index >= 15 is 0 Å². The Morgan fingerprint density at radius 3 is 2.72 bits per heavy atom. The van der Waals surface area contributed by atoms with Crippen molar-refractivity contribution >= 4 is 23.5 Å². The van der Waals surface area contributed by atoms with Crippen molar-refractivity contribution < 1.29 is 5.11 Å². The number of aromatic hydroxyl groups is 1. The minimum Gasteiger partial charge on any atom is -0.507 e. The fourth-order valence-electron chi connectivity index (χ4n) is 1.44. The second kappa shape index (κ2) is 5.56. The summed E-state index contributed by atoms with van der Waals surface area (Å²) in [6, 6.07) is 12.6. The van der Waals surface area contributed by atoms with Crippen LogP contribution in [0.4, 0.5) is 5.69 Å². The second-order valence-corrected chi connectivity index (χ2v) is 4.30. The number of nitrogens with one attached hydrogen (secondary N) is 1. The molecule has 0 aromatic heterocycles. The molecular weight excluding hydrogens is 248 g/mol. The van der Waals surface area contributed by atoms with Crippen LogP contribution in [0.3, 0.4) is 0 Å². The quantitative estimate of drug-likeness (QED) is 0.651. The van der Waals surface area contributed by atoms with Gasteiger partial charge in [-0.15, -0.1) is 0 Å². The predicted molar refractivity (Wildman–Crippen MR) is 75.5 cm³/mol. The van der Waals surface area contributed by atoms with Gasteiger partial charge in [-0.25, -0.2) is 0 Å². The first-order valence-electron chi connectivity index (χ1n) is 5.50. The second-order valence-electron chi connectivity index (χ2n) is 3.89. The molecule has 2 aromatic carbocycles. The summed E-state index contributed by atoms with van der Waals surface area (Å²) in [7, 11) is 0. The lowest BCUT2D eigenvalue weighted by Crippen LogP contribution is -1.91. The van der Waals surface area contributed by atoms with Gasteiger partial charge in [0.1, 0.15) is 5.75 Å². The molecule has 4 heteroatoms. The number of para-hydroxylation sites is 1. The van der Waals surface area contributed by atoms with E-state index in [1.54, 1.807) is 30.5 Å². The summed E-state index contributed by atoms with van der Waals surface area (Å²) in [4.78, 5) is 0. The van der Waals surface area contributed by atoms with Crippen molar-refractivity contribution in [3.63, 3.8) is 0 Å². The molecule has 0 bridgehead atoms. The van der Waals surface area contributed by atoms with Gasteiger partial charge in [0, 0.05) is 10.6 Å². The molecule has 2 rings (SSSR count). The van der Waals surface area contributed by atoms with E-state index in [9.17, 15) is 5.11 Å². The first-order valence-corrected chi connectivity index (χ1v) is 5.88. The van der Waals surface area contributed by atoms with Gasteiger partial charge in [-0.3, -0.25) is 5.43 Å². The maximum atomic E-state index is 9.55. The molecule has 0 aliphatic rings. The fraction of sp³-hybridized carbons (Fsp3) is 0.0714. The standard InChI is InChI=1S/C14H13ClN2O/c1-10-6-7-12(8-13(10)15)17-16-9-11-4-2-3-5-14(11)18/h2-9,17-18H,1H3. The van der Waals surface area contributed by atoms with Gasteiger partial charge in [-0.2, -0.15) is 5.10 Å². The maximum Gasteiger partial charge on any atom is 0.124 e. The Balaban J connectivity index is 2.07. The van der Waals surface area contributed by atoms with E-state index in [-0.39, 0.29) is 5.75 Å². The summed E-state index contributed by atoms with van der Waals surface area (Å²) < 4.78 is 0. The number of phenolic OH excluding ortho intramolecular Hbond substituents is 1. The molecule has 0 fully saturated rings. The van der Waals surface area contributed by atoms with Crippen LogP contribution in [-0.2, 0) is 0 Å². The van der Waals surface area contributed by atoms with Crippen molar-refractivity contribution in [3.8, 4) is 5.75 Å². The van der Waals surface area contributed by atoms with Crippen molar-refractivity contribution in [1.82, 2.24) is 0 Å². The van der Waals surface area contributed by atoms with Gasteiger partial charge < -0.3 is 5.11 Å². The Hall–Kier alpha value is -2.00. The van der Waals surface area contributed by atoms with Crippen LogP contribution >= 0.6 is 11.6 Å². The van der Waals surface area contributed by atoms with Crippen LogP contribution in [0.25, 0.3) is 0 Å². The van der Waals surface area contributed by atoms with Gasteiger partial charge in [0.05, 0.1) is 11.9 Å². The number of anilines is 1. The Bertz CT molecular complexity index is 582. The Labute approximate surface area is 111 Å². The molecule has 0 spiro atoms. The van der Waals surface area contributed by atoms with E-state index in [2.05, 4.69) is 10.5 Å². The molecule has 0 aliphatic heterocycles. The van der Waals surface area contributed by atoms with E-state index in [1.165, 1.54) is 0 Å². The zero-order valence-electron chi connectivity index (χ0n) is 9.89. The number of hydrazone groups is 1. The number of halogens is 1. The third-order valence-corrected chi connectivity index (χ3v) is 2.91. The van der Waals surface area contributed by atoms with Gasteiger partial charge in [0.2, 0.25) is 0 Å². The summed E-state index contributed by atoms with van der Waals surface area (Å²) in [5.74, 6) is 0.199. The van der Waals surface area contributed by atoms with Gasteiger partial charge in [0.25, 0.3) is 0 Å². The molecule has 0 saturated heterocycles. The topological polar surface area (TPSA) is 44.6 Å². The summed E-state index contributed by atoms with van der Waals surface area (Å²) >= 11 is 6.00. The Morgan fingerprint density at radius 1 is 1.22 bits per heavy atom. The van der Waals surface area contributed by atoms with E-state index in [1.807, 2.05) is 25.1 Å². The Morgan fingerprint density at radius 2 is 2.00 bits per heavy atom. The lowest BCUT2D eigenvalue weighted by atomic mass is 10.2. The lowest BCUT2D eigenvalue weighted by molar-refractivity contribution is 0.474. The molecule has 0 saturated carbocycles.